The lowest BCUT2D eigenvalue weighted by Gasteiger charge is -2.28. The van der Waals surface area contributed by atoms with E-state index >= 15 is 0 Å². The monoisotopic (exact) mass is 395 g/mol. The van der Waals surface area contributed by atoms with Crippen molar-refractivity contribution in [2.75, 3.05) is 36.9 Å². The average molecular weight is 396 g/mol. The lowest BCUT2D eigenvalue weighted by Crippen LogP contribution is -2.36. The molecule has 7 nitrogen and oxygen atoms in total. The fourth-order valence-corrected chi connectivity index (χ4v) is 3.24. The van der Waals surface area contributed by atoms with Crippen molar-refractivity contribution in [3.05, 3.63) is 64.9 Å². The summed E-state index contributed by atoms with van der Waals surface area (Å²) < 4.78 is 5.42. The van der Waals surface area contributed by atoms with Gasteiger partial charge in [-0.3, -0.25) is 4.79 Å². The van der Waals surface area contributed by atoms with Gasteiger partial charge in [0, 0.05) is 42.2 Å². The number of hydrogen-bond acceptors (Lipinski definition) is 7. The maximum absolute atomic E-state index is 13.1. The Kier molecular flexibility index (Phi) is 5.18. The molecule has 2 aromatic heterocycles. The van der Waals surface area contributed by atoms with Gasteiger partial charge in [-0.25, -0.2) is 15.0 Å². The van der Waals surface area contributed by atoms with Crippen molar-refractivity contribution < 1.29 is 9.53 Å². The molecular formula is C20H18ClN5O2. The van der Waals surface area contributed by atoms with Crippen molar-refractivity contribution in [1.29, 1.82) is 0 Å². The van der Waals surface area contributed by atoms with Crippen LogP contribution >= 0.6 is 11.6 Å². The fraction of sp³-hybridized carbons (Fsp3) is 0.200. The second kappa shape index (κ2) is 7.92. The summed E-state index contributed by atoms with van der Waals surface area (Å²) in [5.74, 6) is 0.716. The van der Waals surface area contributed by atoms with Crippen LogP contribution < -0.4 is 10.6 Å². The molecule has 1 saturated heterocycles. The minimum Gasteiger partial charge on any atom is -0.378 e. The molecule has 1 aliphatic heterocycles. The van der Waals surface area contributed by atoms with Crippen LogP contribution in [0.5, 0.6) is 0 Å². The van der Waals surface area contributed by atoms with Crippen LogP contribution in [-0.4, -0.2) is 47.0 Å². The van der Waals surface area contributed by atoms with Gasteiger partial charge >= 0.3 is 0 Å². The van der Waals surface area contributed by atoms with Crippen LogP contribution in [0.3, 0.4) is 0 Å². The smallest absolute Gasteiger partial charge is 0.219 e. The highest BCUT2D eigenvalue weighted by atomic mass is 35.5. The predicted octanol–water partition coefficient (Wildman–Crippen LogP) is 2.84. The van der Waals surface area contributed by atoms with Gasteiger partial charge < -0.3 is 15.4 Å². The first kappa shape index (κ1) is 18.3. The molecule has 1 fully saturated rings. The summed E-state index contributed by atoms with van der Waals surface area (Å²) in [4.78, 5) is 28.0. The Labute approximate surface area is 167 Å². The molecule has 0 amide bonds. The molecule has 2 N–H and O–H groups in total. The summed E-state index contributed by atoms with van der Waals surface area (Å²) in [5.41, 5.74) is 7.81. The quantitative estimate of drug-likeness (QED) is 0.678. The number of pyridine rings is 1. The number of carbonyl (C=O) groups is 1. The summed E-state index contributed by atoms with van der Waals surface area (Å²) in [6.07, 6.45) is 3.19. The van der Waals surface area contributed by atoms with E-state index in [9.17, 15) is 4.79 Å². The van der Waals surface area contributed by atoms with E-state index in [4.69, 9.17) is 27.1 Å². The molecule has 0 radical (unpaired) electrons. The number of benzene rings is 1. The Hall–Kier alpha value is -3.03. The molecule has 0 saturated carbocycles. The first-order valence-corrected chi connectivity index (χ1v) is 9.21. The number of carbonyl (C=O) groups excluding carboxylic acids is 1. The number of nitrogens with zero attached hydrogens (tertiary/aromatic N) is 4. The molecule has 0 spiro atoms. The van der Waals surface area contributed by atoms with E-state index in [1.54, 1.807) is 48.8 Å². The Morgan fingerprint density at radius 1 is 1.11 bits per heavy atom. The number of nitrogens with two attached hydrogens (primary N) is 1. The van der Waals surface area contributed by atoms with Gasteiger partial charge in [0.25, 0.3) is 0 Å². The van der Waals surface area contributed by atoms with Gasteiger partial charge in [-0.2, -0.15) is 0 Å². The number of rotatable bonds is 4. The zero-order valence-corrected chi connectivity index (χ0v) is 15.8. The Morgan fingerprint density at radius 3 is 2.54 bits per heavy atom. The lowest BCUT2D eigenvalue weighted by atomic mass is 10.0. The Balaban J connectivity index is 1.80. The van der Waals surface area contributed by atoms with Crippen LogP contribution in [-0.2, 0) is 4.74 Å². The Morgan fingerprint density at radius 2 is 1.82 bits per heavy atom. The molecule has 0 unspecified atom stereocenters. The molecule has 3 aromatic rings. The summed E-state index contributed by atoms with van der Waals surface area (Å²) in [6.45, 7) is 2.64. The highest BCUT2D eigenvalue weighted by molar-refractivity contribution is 6.35. The second-order valence-corrected chi connectivity index (χ2v) is 6.74. The molecule has 0 bridgehead atoms. The Bertz CT molecular complexity index is 1000. The zero-order chi connectivity index (χ0) is 19.5. The fourth-order valence-electron chi connectivity index (χ4n) is 3.02. The summed E-state index contributed by atoms with van der Waals surface area (Å²) in [7, 11) is 0. The standard InChI is InChI=1S/C20H18ClN5O2/c21-16-4-2-1-3-15(16)19(27)13-9-17(14-11-23-20(22)24-12-14)25-18(10-13)26-5-7-28-8-6-26/h1-4,9-12H,5-8H2,(H2,22,23,24). The van der Waals surface area contributed by atoms with Crippen molar-refractivity contribution in [1.82, 2.24) is 15.0 Å². The molecule has 3 heterocycles. The normalized spacial score (nSPS) is 14.1. The van der Waals surface area contributed by atoms with Crippen LogP contribution in [0.4, 0.5) is 11.8 Å². The molecular weight excluding hydrogens is 378 g/mol. The third-order valence-electron chi connectivity index (χ3n) is 4.50. The molecule has 4 rings (SSSR count). The van der Waals surface area contributed by atoms with Crippen molar-refractivity contribution in [3.8, 4) is 11.3 Å². The van der Waals surface area contributed by atoms with E-state index in [1.165, 1.54) is 0 Å². The number of aromatic nitrogens is 3. The van der Waals surface area contributed by atoms with Crippen molar-refractivity contribution in [2.24, 2.45) is 0 Å². The third-order valence-corrected chi connectivity index (χ3v) is 4.82. The molecule has 142 valence electrons. The van der Waals surface area contributed by atoms with Gasteiger partial charge in [-0.1, -0.05) is 23.7 Å². The van der Waals surface area contributed by atoms with Gasteiger partial charge in [0.1, 0.15) is 5.82 Å². The summed E-state index contributed by atoms with van der Waals surface area (Å²) in [5, 5.41) is 0.412. The van der Waals surface area contributed by atoms with Gasteiger partial charge in [0.05, 0.1) is 23.9 Å². The molecule has 1 aromatic carbocycles. The lowest BCUT2D eigenvalue weighted by molar-refractivity contribution is 0.103. The first-order valence-electron chi connectivity index (χ1n) is 8.84. The third kappa shape index (κ3) is 3.81. The van der Waals surface area contributed by atoms with E-state index in [0.717, 1.165) is 0 Å². The first-order chi connectivity index (χ1) is 13.6. The van der Waals surface area contributed by atoms with Crippen LogP contribution in [0, 0.1) is 0 Å². The molecule has 28 heavy (non-hydrogen) atoms. The number of ketones is 1. The minimum atomic E-state index is -0.167. The van der Waals surface area contributed by atoms with Crippen LogP contribution in [0.15, 0.2) is 48.8 Å². The highest BCUT2D eigenvalue weighted by Gasteiger charge is 2.19. The van der Waals surface area contributed by atoms with Gasteiger partial charge in [0.2, 0.25) is 5.95 Å². The summed E-state index contributed by atoms with van der Waals surface area (Å²) in [6, 6.07) is 10.5. The van der Waals surface area contributed by atoms with Crippen LogP contribution in [0.2, 0.25) is 5.02 Å². The van der Waals surface area contributed by atoms with Gasteiger partial charge in [-0.05, 0) is 24.3 Å². The molecule has 0 aliphatic carbocycles. The van der Waals surface area contributed by atoms with E-state index in [1.807, 2.05) is 0 Å². The maximum Gasteiger partial charge on any atom is 0.219 e. The number of morpholine rings is 1. The largest absolute Gasteiger partial charge is 0.378 e. The summed E-state index contributed by atoms with van der Waals surface area (Å²) >= 11 is 6.23. The van der Waals surface area contributed by atoms with Gasteiger partial charge in [0.15, 0.2) is 5.78 Å². The number of anilines is 2. The van der Waals surface area contributed by atoms with Crippen LogP contribution in [0.25, 0.3) is 11.3 Å². The average Bonchev–Trinajstić information content (AvgIpc) is 2.74. The molecule has 0 atom stereocenters. The van der Waals surface area contributed by atoms with Crippen LogP contribution in [0.1, 0.15) is 15.9 Å². The number of hydrogen-bond donors (Lipinski definition) is 1. The molecule has 8 heteroatoms. The van der Waals surface area contributed by atoms with E-state index < -0.39 is 0 Å². The van der Waals surface area contributed by atoms with Gasteiger partial charge in [-0.15, -0.1) is 0 Å². The second-order valence-electron chi connectivity index (χ2n) is 6.34. The number of ether oxygens (including phenoxy) is 1. The molecule has 1 aliphatic rings. The van der Waals surface area contributed by atoms with E-state index in [0.29, 0.717) is 59.5 Å². The maximum atomic E-state index is 13.1. The van der Waals surface area contributed by atoms with E-state index in [-0.39, 0.29) is 11.7 Å². The zero-order valence-electron chi connectivity index (χ0n) is 15.0. The SMILES string of the molecule is Nc1ncc(-c2cc(C(=O)c3ccccc3Cl)cc(N3CCOCC3)n2)cn1. The number of nitrogen functional groups attached to an aromatic ring is 1. The topological polar surface area (TPSA) is 94.2 Å². The van der Waals surface area contributed by atoms with Crippen molar-refractivity contribution in [2.45, 2.75) is 0 Å². The van der Waals surface area contributed by atoms with E-state index in [2.05, 4.69) is 14.9 Å². The van der Waals surface area contributed by atoms with Crippen molar-refractivity contribution >= 4 is 29.2 Å². The van der Waals surface area contributed by atoms with Crippen molar-refractivity contribution in [3.63, 3.8) is 0 Å². The highest BCUT2D eigenvalue weighted by Crippen LogP contribution is 2.26. The minimum absolute atomic E-state index is 0.167. The number of halogens is 1. The predicted molar refractivity (Wildman–Crippen MR) is 108 cm³/mol.